The minimum absolute atomic E-state index is 0.0229. The normalized spacial score (nSPS) is 22.5. The molecular formula is C18H23ClN4O2. The lowest BCUT2D eigenvalue weighted by Gasteiger charge is -2.30. The molecule has 2 aromatic rings. The molecule has 4 rings (SSSR count). The standard InChI is InChI=1S/C18H23ClN4O2/c19-13-3-4-14-15(10-13)21-18(20-14)22-17(24)16-2-1-7-23(16)11-12-5-8-25-9-6-12/h3-4,10,12,16H,1-2,5-9,11H2,(H2,20,21,22,24)/t16-/m0/s1. The average Bonchev–Trinajstić information content (AvgIpc) is 3.21. The highest BCUT2D eigenvalue weighted by Crippen LogP contribution is 2.24. The Morgan fingerprint density at radius 3 is 3.04 bits per heavy atom. The molecule has 0 aliphatic carbocycles. The van der Waals surface area contributed by atoms with Crippen LogP contribution in [-0.2, 0) is 9.53 Å². The molecule has 0 bridgehead atoms. The molecular weight excluding hydrogens is 340 g/mol. The summed E-state index contributed by atoms with van der Waals surface area (Å²) < 4.78 is 5.44. The van der Waals surface area contributed by atoms with Crippen LogP contribution in [0.5, 0.6) is 0 Å². The Morgan fingerprint density at radius 2 is 2.20 bits per heavy atom. The first-order chi connectivity index (χ1) is 12.2. The van der Waals surface area contributed by atoms with E-state index < -0.39 is 0 Å². The summed E-state index contributed by atoms with van der Waals surface area (Å²) >= 11 is 5.99. The first-order valence-corrected chi connectivity index (χ1v) is 9.35. The van der Waals surface area contributed by atoms with Crippen molar-refractivity contribution in [2.24, 2.45) is 5.92 Å². The molecule has 0 unspecified atom stereocenters. The Bertz CT molecular complexity index is 757. The van der Waals surface area contributed by atoms with E-state index in [-0.39, 0.29) is 11.9 Å². The first-order valence-electron chi connectivity index (χ1n) is 8.97. The molecule has 6 nitrogen and oxygen atoms in total. The van der Waals surface area contributed by atoms with Gasteiger partial charge in [0.25, 0.3) is 0 Å². The number of carbonyl (C=O) groups excluding carboxylic acids is 1. The van der Waals surface area contributed by atoms with E-state index in [0.717, 1.165) is 63.0 Å². The summed E-state index contributed by atoms with van der Waals surface area (Å²) in [7, 11) is 0. The van der Waals surface area contributed by atoms with Gasteiger partial charge in [-0.05, 0) is 56.3 Å². The van der Waals surface area contributed by atoms with Crippen molar-refractivity contribution in [3.63, 3.8) is 0 Å². The largest absolute Gasteiger partial charge is 0.381 e. The van der Waals surface area contributed by atoms with E-state index in [4.69, 9.17) is 16.3 Å². The fourth-order valence-electron chi connectivity index (χ4n) is 3.84. The summed E-state index contributed by atoms with van der Waals surface area (Å²) in [6.07, 6.45) is 4.16. The van der Waals surface area contributed by atoms with Gasteiger partial charge in [0.2, 0.25) is 11.9 Å². The molecule has 134 valence electrons. The summed E-state index contributed by atoms with van der Waals surface area (Å²) in [6.45, 7) is 3.66. The van der Waals surface area contributed by atoms with Gasteiger partial charge in [0.15, 0.2) is 0 Å². The SMILES string of the molecule is O=C(Nc1nc2cc(Cl)ccc2[nH]1)[C@@H]1CCCN1CC1CCOCC1. The summed E-state index contributed by atoms with van der Waals surface area (Å²) in [5, 5.41) is 3.58. The number of imidazole rings is 1. The van der Waals surface area contributed by atoms with Gasteiger partial charge < -0.3 is 9.72 Å². The Labute approximate surface area is 151 Å². The van der Waals surface area contributed by atoms with Crippen molar-refractivity contribution in [2.75, 3.05) is 31.6 Å². The van der Waals surface area contributed by atoms with Gasteiger partial charge in [0.05, 0.1) is 17.1 Å². The molecule has 2 aliphatic heterocycles. The zero-order valence-electron chi connectivity index (χ0n) is 14.1. The van der Waals surface area contributed by atoms with Crippen molar-refractivity contribution in [1.82, 2.24) is 14.9 Å². The minimum atomic E-state index is -0.0698. The van der Waals surface area contributed by atoms with Crippen LogP contribution in [-0.4, -0.2) is 53.1 Å². The van der Waals surface area contributed by atoms with Gasteiger partial charge in [-0.3, -0.25) is 15.0 Å². The number of aromatic nitrogens is 2. The third kappa shape index (κ3) is 3.81. The number of halogens is 1. The number of hydrogen-bond acceptors (Lipinski definition) is 4. The van der Waals surface area contributed by atoms with Gasteiger partial charge in [0, 0.05) is 24.8 Å². The van der Waals surface area contributed by atoms with Crippen molar-refractivity contribution < 1.29 is 9.53 Å². The second-order valence-corrected chi connectivity index (χ2v) is 7.38. The molecule has 7 heteroatoms. The number of nitrogens with zero attached hydrogens (tertiary/aromatic N) is 2. The number of H-pyrrole nitrogens is 1. The smallest absolute Gasteiger partial charge is 0.244 e. The molecule has 0 spiro atoms. The highest BCUT2D eigenvalue weighted by atomic mass is 35.5. The zero-order chi connectivity index (χ0) is 17.2. The van der Waals surface area contributed by atoms with Crippen molar-refractivity contribution in [1.29, 1.82) is 0 Å². The van der Waals surface area contributed by atoms with Gasteiger partial charge in [-0.15, -0.1) is 0 Å². The number of carbonyl (C=O) groups is 1. The lowest BCUT2D eigenvalue weighted by atomic mass is 9.99. The van der Waals surface area contributed by atoms with Crippen LogP contribution in [0.4, 0.5) is 5.95 Å². The first kappa shape index (κ1) is 16.8. The Hall–Kier alpha value is -1.63. The maximum atomic E-state index is 12.7. The maximum absolute atomic E-state index is 12.7. The summed E-state index contributed by atoms with van der Waals surface area (Å²) in [6, 6.07) is 5.39. The molecule has 2 saturated heterocycles. The Kier molecular flexibility index (Phi) is 4.92. The summed E-state index contributed by atoms with van der Waals surface area (Å²) in [5.41, 5.74) is 1.62. The Balaban J connectivity index is 1.41. The number of benzene rings is 1. The average molecular weight is 363 g/mol. The second-order valence-electron chi connectivity index (χ2n) is 6.94. The Morgan fingerprint density at radius 1 is 1.36 bits per heavy atom. The summed E-state index contributed by atoms with van der Waals surface area (Å²) in [4.78, 5) is 22.6. The van der Waals surface area contributed by atoms with Crippen LogP contribution < -0.4 is 5.32 Å². The molecule has 1 atom stereocenters. The third-order valence-corrected chi connectivity index (χ3v) is 5.42. The van der Waals surface area contributed by atoms with E-state index in [2.05, 4.69) is 20.2 Å². The van der Waals surface area contributed by atoms with Crippen molar-refractivity contribution in [2.45, 2.75) is 31.7 Å². The van der Waals surface area contributed by atoms with Crippen LogP contribution in [0.2, 0.25) is 5.02 Å². The van der Waals surface area contributed by atoms with Crippen LogP contribution in [0.15, 0.2) is 18.2 Å². The minimum Gasteiger partial charge on any atom is -0.381 e. The molecule has 2 N–H and O–H groups in total. The molecule has 0 saturated carbocycles. The fraction of sp³-hybridized carbons (Fsp3) is 0.556. The predicted octanol–water partition coefficient (Wildman–Crippen LogP) is 3.05. The van der Waals surface area contributed by atoms with Gasteiger partial charge >= 0.3 is 0 Å². The molecule has 0 radical (unpaired) electrons. The van der Waals surface area contributed by atoms with E-state index in [0.29, 0.717) is 16.9 Å². The van der Waals surface area contributed by atoms with Crippen LogP contribution in [0, 0.1) is 5.92 Å². The fourth-order valence-corrected chi connectivity index (χ4v) is 4.01. The van der Waals surface area contributed by atoms with Gasteiger partial charge in [-0.2, -0.15) is 0 Å². The monoisotopic (exact) mass is 362 g/mol. The molecule has 1 aromatic heterocycles. The molecule has 1 amide bonds. The van der Waals surface area contributed by atoms with Crippen molar-refractivity contribution >= 4 is 34.5 Å². The number of ether oxygens (including phenoxy) is 1. The molecule has 1 aromatic carbocycles. The lowest BCUT2D eigenvalue weighted by Crippen LogP contribution is -2.42. The maximum Gasteiger partial charge on any atom is 0.244 e. The number of likely N-dealkylation sites (tertiary alicyclic amines) is 1. The molecule has 2 aliphatic rings. The number of nitrogens with one attached hydrogen (secondary N) is 2. The van der Waals surface area contributed by atoms with E-state index in [9.17, 15) is 4.79 Å². The number of fused-ring (bicyclic) bond motifs is 1. The van der Waals surface area contributed by atoms with Gasteiger partial charge in [-0.1, -0.05) is 11.6 Å². The molecule has 3 heterocycles. The third-order valence-electron chi connectivity index (χ3n) is 5.19. The second kappa shape index (κ2) is 7.32. The van der Waals surface area contributed by atoms with Crippen molar-refractivity contribution in [3.05, 3.63) is 23.2 Å². The number of rotatable bonds is 4. The number of anilines is 1. The van der Waals surface area contributed by atoms with E-state index >= 15 is 0 Å². The van der Waals surface area contributed by atoms with Crippen LogP contribution in [0.25, 0.3) is 11.0 Å². The van der Waals surface area contributed by atoms with Crippen LogP contribution in [0.1, 0.15) is 25.7 Å². The highest BCUT2D eigenvalue weighted by Gasteiger charge is 2.32. The van der Waals surface area contributed by atoms with Crippen LogP contribution >= 0.6 is 11.6 Å². The number of hydrogen-bond donors (Lipinski definition) is 2. The van der Waals surface area contributed by atoms with Crippen LogP contribution in [0.3, 0.4) is 0 Å². The van der Waals surface area contributed by atoms with E-state index in [1.54, 1.807) is 12.1 Å². The summed E-state index contributed by atoms with van der Waals surface area (Å²) in [5.74, 6) is 1.14. The van der Waals surface area contributed by atoms with Crippen molar-refractivity contribution in [3.8, 4) is 0 Å². The predicted molar refractivity (Wildman–Crippen MR) is 97.9 cm³/mol. The zero-order valence-corrected chi connectivity index (χ0v) is 14.9. The van der Waals surface area contributed by atoms with E-state index in [1.165, 1.54) is 0 Å². The number of aromatic amines is 1. The van der Waals surface area contributed by atoms with E-state index in [1.807, 2.05) is 6.07 Å². The highest BCUT2D eigenvalue weighted by molar-refractivity contribution is 6.31. The number of amides is 1. The quantitative estimate of drug-likeness (QED) is 0.877. The lowest BCUT2D eigenvalue weighted by molar-refractivity contribution is -0.120. The topological polar surface area (TPSA) is 70.2 Å². The molecule has 25 heavy (non-hydrogen) atoms. The van der Waals surface area contributed by atoms with Gasteiger partial charge in [-0.25, -0.2) is 4.98 Å². The van der Waals surface area contributed by atoms with Gasteiger partial charge in [0.1, 0.15) is 0 Å². The molecule has 2 fully saturated rings.